The number of rotatable bonds is 3. The minimum atomic E-state index is -0.0845. The number of nitrogens with two attached hydrogens (primary N) is 1. The maximum atomic E-state index is 5.54. The standard InChI is InChI=1S/C8H12N6S/c1-5-8(15-13-12-5)7(11-9)6-3-10-14(2)4-6/h3-4,7,11H,9H2,1-2H3. The van der Waals surface area contributed by atoms with Crippen LogP contribution in [0.2, 0.25) is 0 Å². The minimum absolute atomic E-state index is 0.0845. The first-order valence-electron chi connectivity index (χ1n) is 4.46. The van der Waals surface area contributed by atoms with Crippen LogP contribution in [-0.4, -0.2) is 19.4 Å². The molecular formula is C8H12N6S. The first-order chi connectivity index (χ1) is 7.22. The number of aromatic nitrogens is 4. The third-order valence-corrected chi connectivity index (χ3v) is 3.06. The lowest BCUT2D eigenvalue weighted by molar-refractivity contribution is 0.640. The number of nitrogens with one attached hydrogen (secondary N) is 1. The number of hydrogen-bond acceptors (Lipinski definition) is 6. The van der Waals surface area contributed by atoms with Gasteiger partial charge in [0.05, 0.1) is 22.8 Å². The lowest BCUT2D eigenvalue weighted by Crippen LogP contribution is -2.28. The van der Waals surface area contributed by atoms with Crippen molar-refractivity contribution in [3.05, 3.63) is 28.5 Å². The van der Waals surface area contributed by atoms with E-state index in [4.69, 9.17) is 5.84 Å². The third kappa shape index (κ3) is 1.89. The van der Waals surface area contributed by atoms with Crippen LogP contribution in [0.5, 0.6) is 0 Å². The number of aryl methyl sites for hydroxylation is 2. The Hall–Kier alpha value is -1.31. The zero-order valence-electron chi connectivity index (χ0n) is 8.51. The van der Waals surface area contributed by atoms with Gasteiger partial charge in [0.2, 0.25) is 0 Å². The smallest absolute Gasteiger partial charge is 0.0867 e. The van der Waals surface area contributed by atoms with Gasteiger partial charge in [-0.25, -0.2) is 5.43 Å². The minimum Gasteiger partial charge on any atom is -0.275 e. The lowest BCUT2D eigenvalue weighted by atomic mass is 10.1. The van der Waals surface area contributed by atoms with Gasteiger partial charge in [-0.15, -0.1) is 5.10 Å². The summed E-state index contributed by atoms with van der Waals surface area (Å²) < 4.78 is 5.63. The quantitative estimate of drug-likeness (QED) is 0.572. The molecule has 2 aromatic heterocycles. The van der Waals surface area contributed by atoms with Crippen LogP contribution in [0.3, 0.4) is 0 Å². The number of hydrogen-bond donors (Lipinski definition) is 2. The zero-order chi connectivity index (χ0) is 10.8. The summed E-state index contributed by atoms with van der Waals surface area (Å²) >= 11 is 1.35. The molecule has 2 aromatic rings. The van der Waals surface area contributed by atoms with Crippen molar-refractivity contribution < 1.29 is 0 Å². The second-order valence-corrected chi connectivity index (χ2v) is 4.06. The average molecular weight is 224 g/mol. The van der Waals surface area contributed by atoms with Crippen LogP contribution in [-0.2, 0) is 7.05 Å². The molecular weight excluding hydrogens is 212 g/mol. The molecule has 1 atom stereocenters. The van der Waals surface area contributed by atoms with Crippen LogP contribution in [0.15, 0.2) is 12.4 Å². The molecule has 6 nitrogen and oxygen atoms in total. The summed E-state index contributed by atoms with van der Waals surface area (Å²) in [4.78, 5) is 1.02. The molecule has 0 amide bonds. The van der Waals surface area contributed by atoms with E-state index in [0.717, 1.165) is 16.1 Å². The Kier molecular flexibility index (Phi) is 2.76. The van der Waals surface area contributed by atoms with Gasteiger partial charge < -0.3 is 0 Å². The molecule has 0 saturated carbocycles. The highest BCUT2D eigenvalue weighted by Crippen LogP contribution is 2.25. The maximum Gasteiger partial charge on any atom is 0.0867 e. The van der Waals surface area contributed by atoms with Crippen molar-refractivity contribution in [3.63, 3.8) is 0 Å². The molecule has 0 fully saturated rings. The molecule has 0 spiro atoms. The molecule has 0 aliphatic heterocycles. The zero-order valence-corrected chi connectivity index (χ0v) is 9.32. The van der Waals surface area contributed by atoms with E-state index in [1.165, 1.54) is 11.5 Å². The van der Waals surface area contributed by atoms with Crippen LogP contribution in [0.25, 0.3) is 0 Å². The van der Waals surface area contributed by atoms with E-state index < -0.39 is 0 Å². The van der Waals surface area contributed by atoms with Gasteiger partial charge in [-0.1, -0.05) is 4.49 Å². The van der Waals surface area contributed by atoms with E-state index in [0.29, 0.717) is 0 Å². The molecule has 0 bridgehead atoms. The molecule has 7 heteroatoms. The average Bonchev–Trinajstić information content (AvgIpc) is 2.79. The van der Waals surface area contributed by atoms with E-state index in [-0.39, 0.29) is 6.04 Å². The summed E-state index contributed by atoms with van der Waals surface area (Å²) in [6, 6.07) is -0.0845. The maximum absolute atomic E-state index is 5.54. The Morgan fingerprint density at radius 2 is 2.40 bits per heavy atom. The monoisotopic (exact) mass is 224 g/mol. The molecule has 0 aliphatic carbocycles. The van der Waals surface area contributed by atoms with E-state index >= 15 is 0 Å². The Labute approximate surface area is 91.2 Å². The first kappa shape index (κ1) is 10.2. The lowest BCUT2D eigenvalue weighted by Gasteiger charge is -2.11. The molecule has 0 aromatic carbocycles. The van der Waals surface area contributed by atoms with Crippen LogP contribution in [0, 0.1) is 6.92 Å². The van der Waals surface area contributed by atoms with Crippen molar-refractivity contribution in [2.24, 2.45) is 12.9 Å². The fourth-order valence-corrected chi connectivity index (χ4v) is 2.15. The summed E-state index contributed by atoms with van der Waals surface area (Å²) in [5.74, 6) is 5.54. The number of nitrogens with zero attached hydrogens (tertiary/aromatic N) is 4. The van der Waals surface area contributed by atoms with Gasteiger partial charge >= 0.3 is 0 Å². The van der Waals surface area contributed by atoms with Gasteiger partial charge in [0, 0.05) is 18.8 Å². The third-order valence-electron chi connectivity index (χ3n) is 2.17. The molecule has 0 saturated heterocycles. The number of hydrazine groups is 1. The van der Waals surface area contributed by atoms with E-state index in [1.807, 2.05) is 20.2 Å². The first-order valence-corrected chi connectivity index (χ1v) is 5.23. The largest absolute Gasteiger partial charge is 0.275 e. The van der Waals surface area contributed by atoms with Gasteiger partial charge in [-0.3, -0.25) is 10.5 Å². The second-order valence-electron chi connectivity index (χ2n) is 3.27. The highest BCUT2D eigenvalue weighted by Gasteiger charge is 2.19. The topological polar surface area (TPSA) is 81.7 Å². The van der Waals surface area contributed by atoms with E-state index in [1.54, 1.807) is 10.9 Å². The molecule has 1 unspecified atom stereocenters. The highest BCUT2D eigenvalue weighted by molar-refractivity contribution is 7.05. The van der Waals surface area contributed by atoms with E-state index in [2.05, 4.69) is 20.1 Å². The molecule has 2 rings (SSSR count). The Morgan fingerprint density at radius 1 is 1.60 bits per heavy atom. The fraction of sp³-hybridized carbons (Fsp3) is 0.375. The SMILES string of the molecule is Cc1nnsc1C(NN)c1cnn(C)c1. The summed E-state index contributed by atoms with van der Waals surface area (Å²) in [6.07, 6.45) is 3.70. The summed E-state index contributed by atoms with van der Waals surface area (Å²) in [5.41, 5.74) is 4.66. The Balaban J connectivity index is 2.36. The van der Waals surface area contributed by atoms with Crippen molar-refractivity contribution in [2.75, 3.05) is 0 Å². The molecule has 15 heavy (non-hydrogen) atoms. The van der Waals surface area contributed by atoms with Crippen LogP contribution in [0.1, 0.15) is 22.2 Å². The molecule has 0 radical (unpaired) electrons. The Morgan fingerprint density at radius 3 is 2.87 bits per heavy atom. The molecule has 80 valence electrons. The van der Waals surface area contributed by atoms with Gasteiger partial charge in [0.25, 0.3) is 0 Å². The van der Waals surface area contributed by atoms with E-state index in [9.17, 15) is 0 Å². The van der Waals surface area contributed by atoms with Crippen molar-refractivity contribution in [3.8, 4) is 0 Å². The second kappa shape index (κ2) is 4.05. The normalized spacial score (nSPS) is 13.0. The summed E-state index contributed by atoms with van der Waals surface area (Å²) in [6.45, 7) is 1.92. The van der Waals surface area contributed by atoms with Crippen LogP contribution >= 0.6 is 11.5 Å². The van der Waals surface area contributed by atoms with Crippen molar-refractivity contribution in [2.45, 2.75) is 13.0 Å². The highest BCUT2D eigenvalue weighted by atomic mass is 32.1. The van der Waals surface area contributed by atoms with Crippen LogP contribution < -0.4 is 11.3 Å². The van der Waals surface area contributed by atoms with Crippen molar-refractivity contribution in [1.82, 2.24) is 24.8 Å². The van der Waals surface area contributed by atoms with Gasteiger partial charge in [0.1, 0.15) is 0 Å². The van der Waals surface area contributed by atoms with Gasteiger partial charge in [-0.05, 0) is 18.5 Å². The predicted octanol–water partition coefficient (Wildman–Crippen LogP) is 0.133. The van der Waals surface area contributed by atoms with Gasteiger partial charge in [-0.2, -0.15) is 5.10 Å². The summed E-state index contributed by atoms with van der Waals surface area (Å²) in [5, 5.41) is 8.07. The molecule has 3 N–H and O–H groups in total. The molecule has 2 heterocycles. The molecule has 0 aliphatic rings. The van der Waals surface area contributed by atoms with Crippen molar-refractivity contribution >= 4 is 11.5 Å². The van der Waals surface area contributed by atoms with Crippen LogP contribution in [0.4, 0.5) is 0 Å². The fourth-order valence-electron chi connectivity index (χ4n) is 1.42. The van der Waals surface area contributed by atoms with Crippen molar-refractivity contribution in [1.29, 1.82) is 0 Å². The van der Waals surface area contributed by atoms with Gasteiger partial charge in [0.15, 0.2) is 0 Å². The Bertz CT molecular complexity index is 447. The predicted molar refractivity (Wildman–Crippen MR) is 57.0 cm³/mol. The summed E-state index contributed by atoms with van der Waals surface area (Å²) in [7, 11) is 1.87.